The van der Waals surface area contributed by atoms with Gasteiger partial charge in [0.25, 0.3) is 6.47 Å². The van der Waals surface area contributed by atoms with Gasteiger partial charge in [-0.25, -0.2) is 0 Å². The molecule has 0 spiro atoms. The summed E-state index contributed by atoms with van der Waals surface area (Å²) in [6.07, 6.45) is 4.70. The van der Waals surface area contributed by atoms with Crippen molar-refractivity contribution in [3.63, 3.8) is 0 Å². The summed E-state index contributed by atoms with van der Waals surface area (Å²) in [6.45, 7) is 0.809. The van der Waals surface area contributed by atoms with Gasteiger partial charge in [-0.05, 0) is 12.0 Å². The first-order valence-electron chi connectivity index (χ1n) is 4.17. The van der Waals surface area contributed by atoms with Gasteiger partial charge in [0.15, 0.2) is 0 Å². The van der Waals surface area contributed by atoms with E-state index in [1.54, 1.807) is 0 Å². The van der Waals surface area contributed by atoms with E-state index in [0.717, 1.165) is 6.42 Å². The summed E-state index contributed by atoms with van der Waals surface area (Å²) in [5.74, 6) is 0. The van der Waals surface area contributed by atoms with Crippen LogP contribution < -0.4 is 0 Å². The minimum absolute atomic E-state index is 0.357. The standard InChI is InChI=1S/C11H12O2/c12-10-13-9-5-4-8-11-6-2-1-3-7-11/h1-7,10H,8-9H2/b5-4+. The predicted octanol–water partition coefficient (Wildman–Crippen LogP) is 1.96. The fraction of sp³-hybridized carbons (Fsp3) is 0.182. The van der Waals surface area contributed by atoms with Gasteiger partial charge >= 0.3 is 0 Å². The molecule has 0 unspecified atom stereocenters. The molecule has 0 heterocycles. The van der Waals surface area contributed by atoms with Crippen molar-refractivity contribution in [2.24, 2.45) is 0 Å². The summed E-state index contributed by atoms with van der Waals surface area (Å²) in [5, 5.41) is 0. The molecule has 0 aliphatic rings. The smallest absolute Gasteiger partial charge is 0.293 e. The fourth-order valence-corrected chi connectivity index (χ4v) is 0.996. The third-order valence-electron chi connectivity index (χ3n) is 1.62. The molecule has 13 heavy (non-hydrogen) atoms. The summed E-state index contributed by atoms with van der Waals surface area (Å²) in [6, 6.07) is 10.1. The van der Waals surface area contributed by atoms with Crippen molar-refractivity contribution in [3.8, 4) is 0 Å². The number of rotatable bonds is 5. The summed E-state index contributed by atoms with van der Waals surface area (Å²) < 4.78 is 4.50. The number of hydrogen-bond acceptors (Lipinski definition) is 2. The number of carbonyl (C=O) groups is 1. The van der Waals surface area contributed by atoms with E-state index >= 15 is 0 Å². The van der Waals surface area contributed by atoms with Crippen molar-refractivity contribution < 1.29 is 9.53 Å². The molecule has 0 aliphatic heterocycles. The highest BCUT2D eigenvalue weighted by Crippen LogP contribution is 1.99. The Hall–Kier alpha value is -1.57. The summed E-state index contributed by atoms with van der Waals surface area (Å²) in [4.78, 5) is 9.78. The first-order valence-corrected chi connectivity index (χ1v) is 4.17. The molecule has 0 bridgehead atoms. The molecule has 0 amide bonds. The normalized spacial score (nSPS) is 10.2. The summed E-state index contributed by atoms with van der Waals surface area (Å²) >= 11 is 0. The van der Waals surface area contributed by atoms with Crippen LogP contribution in [0.3, 0.4) is 0 Å². The van der Waals surface area contributed by atoms with E-state index < -0.39 is 0 Å². The predicted molar refractivity (Wildman–Crippen MR) is 51.3 cm³/mol. The van der Waals surface area contributed by atoms with E-state index in [2.05, 4.69) is 16.9 Å². The Labute approximate surface area is 77.8 Å². The first kappa shape index (κ1) is 9.52. The second-order valence-corrected chi connectivity index (χ2v) is 2.59. The summed E-state index contributed by atoms with van der Waals surface area (Å²) in [7, 11) is 0. The highest BCUT2D eigenvalue weighted by atomic mass is 16.5. The molecule has 1 aromatic carbocycles. The van der Waals surface area contributed by atoms with Crippen LogP contribution >= 0.6 is 0 Å². The van der Waals surface area contributed by atoms with Crippen molar-refractivity contribution in [1.29, 1.82) is 0 Å². The summed E-state index contributed by atoms with van der Waals surface area (Å²) in [5.41, 5.74) is 1.25. The number of benzene rings is 1. The van der Waals surface area contributed by atoms with Gasteiger partial charge in [-0.3, -0.25) is 4.79 Å². The molecule has 0 radical (unpaired) electrons. The second-order valence-electron chi connectivity index (χ2n) is 2.59. The molecular formula is C11H12O2. The van der Waals surface area contributed by atoms with Gasteiger partial charge in [0.1, 0.15) is 6.61 Å². The SMILES string of the molecule is O=COC/C=C/Cc1ccccc1. The lowest BCUT2D eigenvalue weighted by molar-refractivity contribution is -0.127. The van der Waals surface area contributed by atoms with Crippen LogP contribution in [0.25, 0.3) is 0 Å². The lowest BCUT2D eigenvalue weighted by atomic mass is 10.1. The van der Waals surface area contributed by atoms with Gasteiger partial charge in [0.2, 0.25) is 0 Å². The van der Waals surface area contributed by atoms with Gasteiger partial charge in [-0.1, -0.05) is 42.5 Å². The second kappa shape index (κ2) is 6.00. The minimum Gasteiger partial charge on any atom is -0.464 e. The van der Waals surface area contributed by atoms with E-state index in [1.165, 1.54) is 5.56 Å². The Morgan fingerprint density at radius 3 is 2.62 bits per heavy atom. The van der Waals surface area contributed by atoms with Crippen molar-refractivity contribution in [2.45, 2.75) is 6.42 Å². The molecule has 0 aromatic heterocycles. The van der Waals surface area contributed by atoms with Crippen LogP contribution in [0.5, 0.6) is 0 Å². The third kappa shape index (κ3) is 4.11. The Morgan fingerprint density at radius 1 is 1.15 bits per heavy atom. The zero-order valence-electron chi connectivity index (χ0n) is 7.35. The van der Waals surface area contributed by atoms with E-state index in [1.807, 2.05) is 30.4 Å². The fourth-order valence-electron chi connectivity index (χ4n) is 0.996. The van der Waals surface area contributed by atoms with E-state index in [4.69, 9.17) is 0 Å². The molecule has 0 saturated carbocycles. The Bertz CT molecular complexity index is 265. The van der Waals surface area contributed by atoms with Gasteiger partial charge in [0.05, 0.1) is 0 Å². The van der Waals surface area contributed by atoms with Crippen LogP contribution in [0.15, 0.2) is 42.5 Å². The van der Waals surface area contributed by atoms with Gasteiger partial charge in [0, 0.05) is 0 Å². The number of carbonyl (C=O) groups excluding carboxylic acids is 1. The van der Waals surface area contributed by atoms with Crippen LogP contribution in [0, 0.1) is 0 Å². The zero-order valence-corrected chi connectivity index (χ0v) is 7.35. The molecule has 0 saturated heterocycles. The Kier molecular flexibility index (Phi) is 4.39. The average Bonchev–Trinajstić information content (AvgIpc) is 2.19. The van der Waals surface area contributed by atoms with E-state index in [0.29, 0.717) is 13.1 Å². The van der Waals surface area contributed by atoms with Gasteiger partial charge < -0.3 is 4.74 Å². The first-order chi connectivity index (χ1) is 6.43. The molecule has 0 aliphatic carbocycles. The Balaban J connectivity index is 2.26. The largest absolute Gasteiger partial charge is 0.464 e. The number of hydrogen-bond donors (Lipinski definition) is 0. The average molecular weight is 176 g/mol. The molecule has 0 fully saturated rings. The number of allylic oxidation sites excluding steroid dienone is 1. The molecule has 1 rings (SSSR count). The number of ether oxygens (including phenoxy) is 1. The third-order valence-corrected chi connectivity index (χ3v) is 1.62. The van der Waals surface area contributed by atoms with E-state index in [9.17, 15) is 4.79 Å². The molecule has 0 atom stereocenters. The maximum absolute atomic E-state index is 9.78. The van der Waals surface area contributed by atoms with Crippen LogP contribution in [0.1, 0.15) is 5.56 Å². The molecular weight excluding hydrogens is 164 g/mol. The van der Waals surface area contributed by atoms with Gasteiger partial charge in [-0.15, -0.1) is 0 Å². The highest BCUT2D eigenvalue weighted by molar-refractivity contribution is 5.37. The molecule has 0 N–H and O–H groups in total. The maximum Gasteiger partial charge on any atom is 0.293 e. The van der Waals surface area contributed by atoms with Crippen LogP contribution in [-0.4, -0.2) is 13.1 Å². The molecule has 2 heteroatoms. The monoisotopic (exact) mass is 176 g/mol. The quantitative estimate of drug-likeness (QED) is 0.389. The van der Waals surface area contributed by atoms with Crippen LogP contribution in [0.4, 0.5) is 0 Å². The van der Waals surface area contributed by atoms with Crippen molar-refractivity contribution >= 4 is 6.47 Å². The molecule has 68 valence electrons. The van der Waals surface area contributed by atoms with Gasteiger partial charge in [-0.2, -0.15) is 0 Å². The topological polar surface area (TPSA) is 26.3 Å². The zero-order chi connectivity index (χ0) is 9.36. The Morgan fingerprint density at radius 2 is 1.92 bits per heavy atom. The highest BCUT2D eigenvalue weighted by Gasteiger charge is 1.84. The molecule has 2 nitrogen and oxygen atoms in total. The lowest BCUT2D eigenvalue weighted by Crippen LogP contribution is -1.86. The molecule has 1 aromatic rings. The maximum atomic E-state index is 9.78. The van der Waals surface area contributed by atoms with Crippen LogP contribution in [0.2, 0.25) is 0 Å². The van der Waals surface area contributed by atoms with Crippen molar-refractivity contribution in [3.05, 3.63) is 48.0 Å². The van der Waals surface area contributed by atoms with Crippen molar-refractivity contribution in [2.75, 3.05) is 6.61 Å². The van der Waals surface area contributed by atoms with E-state index in [-0.39, 0.29) is 0 Å². The van der Waals surface area contributed by atoms with Crippen LogP contribution in [-0.2, 0) is 16.0 Å². The minimum atomic E-state index is 0.357. The lowest BCUT2D eigenvalue weighted by Gasteiger charge is -1.93. The van der Waals surface area contributed by atoms with Crippen molar-refractivity contribution in [1.82, 2.24) is 0 Å².